The first-order valence-electron chi connectivity index (χ1n) is 27.4. The molecule has 10 amide bonds. The Kier molecular flexibility index (Phi) is 32.3. The molecule has 1 aromatic rings. The van der Waals surface area contributed by atoms with Gasteiger partial charge in [-0.2, -0.15) is 0 Å². The summed E-state index contributed by atoms with van der Waals surface area (Å²) in [6.07, 6.45) is -3.09. The van der Waals surface area contributed by atoms with Crippen LogP contribution < -0.4 is 82.7 Å². The number of amides is 10. The van der Waals surface area contributed by atoms with Crippen molar-refractivity contribution < 1.29 is 68.1 Å². The summed E-state index contributed by atoms with van der Waals surface area (Å²) >= 11 is 0. The molecule has 0 fully saturated rings. The average Bonchev–Trinajstić information content (AvgIpc) is 3.44. The van der Waals surface area contributed by atoms with Crippen molar-refractivity contribution in [3.63, 3.8) is 0 Å². The van der Waals surface area contributed by atoms with Gasteiger partial charge in [0.25, 0.3) is 0 Å². The molecule has 12 atom stereocenters. The number of hydrogen-bond acceptors (Lipinski definition) is 16. The van der Waals surface area contributed by atoms with Crippen molar-refractivity contribution in [1.29, 1.82) is 0 Å². The molecule has 31 heteroatoms. The number of benzene rings is 1. The van der Waals surface area contributed by atoms with Gasteiger partial charge >= 0.3 is 5.97 Å². The lowest BCUT2D eigenvalue weighted by Gasteiger charge is -2.31. The van der Waals surface area contributed by atoms with Gasteiger partial charge in [-0.3, -0.25) is 57.9 Å². The number of phenolic OH excluding ortho intramolecular Hbond substituents is 1. The van der Waals surface area contributed by atoms with Crippen molar-refractivity contribution in [3.8, 4) is 5.75 Å². The second kappa shape index (κ2) is 36.9. The van der Waals surface area contributed by atoms with E-state index in [2.05, 4.69) is 52.5 Å². The number of carbonyl (C=O) groups is 11. The molecule has 0 heterocycles. The molecule has 31 nitrogen and oxygen atoms in total. The number of carboxylic acid groups (broad SMARTS) is 1. The number of aliphatic hydroxyl groups is 1. The Bertz CT molecular complexity index is 2420. The minimum Gasteiger partial charge on any atom is -0.508 e. The van der Waals surface area contributed by atoms with Gasteiger partial charge in [0, 0.05) is 25.9 Å². The standard InChI is InChI=1S/C52H89N17O14/c1-8-26(5)39(55)47(79)66-35(24-38(54)73)45(77)65-34(22-25(3)4)46(78)68-40(27(6)9-2)48(80)69-41(28(7)70)49(81)64-32(13-11-21-61-52(58)59)42(74)63-33(18-19-37(53)72)44(76)62-31(12-10-20-60-51(56)57)43(75)67-36(50(82)83)23-29-14-16-30(71)17-15-29/h14-17,25-28,31-36,39-41,70-71H,8-13,18-24,55H2,1-7H3,(H2,53,72)(H2,54,73)(H,62,76)(H,63,74)(H,64,81)(H,65,77)(H,66,79)(H,67,75)(H,68,78)(H,69,80)(H,82,83)(H4,56,57,60)(H4,58,59,61)/t26-,27-,28+,31-,32-,33-,34-,35-,36-,39-,40-,41-/m0/s1. The predicted molar refractivity (Wildman–Crippen MR) is 305 cm³/mol. The smallest absolute Gasteiger partial charge is 0.326 e. The summed E-state index contributed by atoms with van der Waals surface area (Å²) < 4.78 is 0. The van der Waals surface area contributed by atoms with Crippen molar-refractivity contribution in [3.05, 3.63) is 29.8 Å². The van der Waals surface area contributed by atoms with Gasteiger partial charge in [0.15, 0.2) is 11.9 Å². The largest absolute Gasteiger partial charge is 0.508 e. The summed E-state index contributed by atoms with van der Waals surface area (Å²) in [5.74, 6) is -12.9. The highest BCUT2D eigenvalue weighted by atomic mass is 16.4. The lowest BCUT2D eigenvalue weighted by atomic mass is 9.96. The Hall–Kier alpha value is -8.35. The Morgan fingerprint density at radius 3 is 1.35 bits per heavy atom. The number of aliphatic hydroxyl groups excluding tert-OH is 1. The van der Waals surface area contributed by atoms with Crippen molar-refractivity contribution in [2.75, 3.05) is 13.1 Å². The number of aliphatic carboxylic acids is 1. The van der Waals surface area contributed by atoms with Crippen LogP contribution in [0.3, 0.4) is 0 Å². The van der Waals surface area contributed by atoms with Crippen LogP contribution in [-0.2, 0) is 59.2 Å². The number of carboxylic acids is 1. The van der Waals surface area contributed by atoms with Crippen LogP contribution in [0, 0.1) is 17.8 Å². The van der Waals surface area contributed by atoms with E-state index >= 15 is 0 Å². The van der Waals surface area contributed by atoms with Crippen molar-refractivity contribution in [1.82, 2.24) is 42.5 Å². The van der Waals surface area contributed by atoms with Gasteiger partial charge in [-0.15, -0.1) is 0 Å². The second-order valence-electron chi connectivity index (χ2n) is 20.8. The molecule has 0 aliphatic rings. The molecule has 25 N–H and O–H groups in total. The average molecular weight is 1180 g/mol. The molecular weight excluding hydrogens is 1090 g/mol. The van der Waals surface area contributed by atoms with E-state index in [9.17, 15) is 68.1 Å². The molecule has 83 heavy (non-hydrogen) atoms. The molecule has 0 unspecified atom stereocenters. The van der Waals surface area contributed by atoms with E-state index in [4.69, 9.17) is 40.1 Å². The summed E-state index contributed by atoms with van der Waals surface area (Å²) in [6.45, 7) is 11.4. The van der Waals surface area contributed by atoms with Gasteiger partial charge in [0.2, 0.25) is 59.1 Å². The first-order valence-corrected chi connectivity index (χ1v) is 27.4. The van der Waals surface area contributed by atoms with E-state index in [0.717, 1.165) is 6.92 Å². The van der Waals surface area contributed by atoms with Gasteiger partial charge in [0.05, 0.1) is 18.6 Å². The van der Waals surface area contributed by atoms with Crippen molar-refractivity contribution >= 4 is 77.0 Å². The van der Waals surface area contributed by atoms with E-state index in [0.29, 0.717) is 12.0 Å². The number of guanidine groups is 2. The predicted octanol–water partition coefficient (Wildman–Crippen LogP) is -5.01. The van der Waals surface area contributed by atoms with Crippen LogP contribution >= 0.6 is 0 Å². The number of nitrogens with one attached hydrogen (secondary N) is 8. The fourth-order valence-corrected chi connectivity index (χ4v) is 8.02. The molecular formula is C52H89N17O14. The van der Waals surface area contributed by atoms with Crippen molar-refractivity contribution in [2.24, 2.45) is 67.9 Å². The summed E-state index contributed by atoms with van der Waals surface area (Å²) in [5.41, 5.74) is 39.2. The zero-order valence-electron chi connectivity index (χ0n) is 48.3. The minimum absolute atomic E-state index is 0.000726. The van der Waals surface area contributed by atoms with Gasteiger partial charge in [-0.05, 0) is 80.9 Å². The number of primary amides is 2. The number of phenols is 1. The maximum atomic E-state index is 14.3. The topological polar surface area (TPSA) is 552 Å². The highest BCUT2D eigenvalue weighted by Gasteiger charge is 2.38. The molecule has 1 rings (SSSR count). The molecule has 0 radical (unpaired) electrons. The zero-order valence-corrected chi connectivity index (χ0v) is 48.3. The number of carbonyl (C=O) groups excluding carboxylic acids is 10. The van der Waals surface area contributed by atoms with E-state index in [1.165, 1.54) is 24.3 Å². The van der Waals surface area contributed by atoms with Crippen LogP contribution in [0.15, 0.2) is 34.3 Å². The number of rotatable bonds is 39. The SMILES string of the molecule is CC[C@H](C)[C@H](N)C(=O)N[C@@H](CC(N)=O)C(=O)N[C@@H](CC(C)C)C(=O)N[C@H](C(=O)N[C@H](C(=O)N[C@@H](CCCN=C(N)N)C(=O)N[C@@H](CCC(N)=O)C(=O)N[C@@H](CCCN=C(N)N)C(=O)N[C@@H](Cc1ccc(O)cc1)C(=O)O)[C@@H](C)O)[C@@H](C)CC. The fourth-order valence-electron chi connectivity index (χ4n) is 8.02. The van der Waals surface area contributed by atoms with Gasteiger partial charge in [0.1, 0.15) is 54.1 Å². The monoisotopic (exact) mass is 1180 g/mol. The lowest BCUT2D eigenvalue weighted by Crippen LogP contribution is -2.63. The quantitative estimate of drug-likeness (QED) is 0.0167. The third kappa shape index (κ3) is 27.8. The molecule has 466 valence electrons. The molecule has 0 bridgehead atoms. The lowest BCUT2D eigenvalue weighted by molar-refractivity contribution is -0.142. The molecule has 0 spiro atoms. The number of aliphatic imine (C=N–C) groups is 2. The Morgan fingerprint density at radius 1 is 0.506 bits per heavy atom. The maximum Gasteiger partial charge on any atom is 0.326 e. The third-order valence-electron chi connectivity index (χ3n) is 13.3. The first kappa shape index (κ1) is 72.7. The fraction of sp³-hybridized carbons (Fsp3) is 0.635. The molecule has 0 saturated heterocycles. The van der Waals surface area contributed by atoms with Crippen LogP contribution in [0.4, 0.5) is 0 Å². The van der Waals surface area contributed by atoms with Crippen molar-refractivity contribution in [2.45, 2.75) is 180 Å². The zero-order chi connectivity index (χ0) is 63.3. The molecule has 0 aliphatic heterocycles. The molecule has 0 aliphatic carbocycles. The van der Waals surface area contributed by atoms with E-state index in [-0.39, 0.29) is 87.5 Å². The molecule has 1 aromatic carbocycles. The van der Waals surface area contributed by atoms with Gasteiger partial charge in [-0.1, -0.05) is 66.5 Å². The van der Waals surface area contributed by atoms with Gasteiger partial charge < -0.3 is 98.0 Å². The van der Waals surface area contributed by atoms with E-state index in [1.54, 1.807) is 34.6 Å². The third-order valence-corrected chi connectivity index (χ3v) is 13.3. The Morgan fingerprint density at radius 2 is 0.916 bits per heavy atom. The number of aromatic hydroxyl groups is 1. The summed E-state index contributed by atoms with van der Waals surface area (Å²) in [6, 6.07) is -7.95. The number of hydrogen-bond donors (Lipinski definition) is 18. The molecule has 0 saturated carbocycles. The highest BCUT2D eigenvalue weighted by Crippen LogP contribution is 2.15. The maximum absolute atomic E-state index is 14.3. The van der Waals surface area contributed by atoms with E-state index in [1.807, 2.05) is 6.92 Å². The molecule has 0 aromatic heterocycles. The van der Waals surface area contributed by atoms with Gasteiger partial charge in [-0.25, -0.2) is 4.79 Å². The Labute approximate surface area is 482 Å². The van der Waals surface area contributed by atoms with Crippen LogP contribution in [0.1, 0.15) is 118 Å². The number of nitrogens with two attached hydrogens (primary N) is 7. The summed E-state index contributed by atoms with van der Waals surface area (Å²) in [5, 5.41) is 50.5. The Balaban J connectivity index is 3.62. The van der Waals surface area contributed by atoms with Crippen LogP contribution in [0.25, 0.3) is 0 Å². The van der Waals surface area contributed by atoms with Crippen LogP contribution in [0.5, 0.6) is 5.75 Å². The first-order chi connectivity index (χ1) is 38.8. The summed E-state index contributed by atoms with van der Waals surface area (Å²) in [7, 11) is 0. The van der Waals surface area contributed by atoms with Crippen LogP contribution in [0.2, 0.25) is 0 Å². The van der Waals surface area contributed by atoms with Crippen LogP contribution in [-0.4, -0.2) is 166 Å². The highest BCUT2D eigenvalue weighted by molar-refractivity contribution is 5.99. The van der Waals surface area contributed by atoms with E-state index < -0.39 is 151 Å². The number of nitrogens with zero attached hydrogens (tertiary/aromatic N) is 2. The minimum atomic E-state index is -1.83. The normalized spacial score (nSPS) is 15.4. The second-order valence-corrected chi connectivity index (χ2v) is 20.8. The summed E-state index contributed by atoms with van der Waals surface area (Å²) in [4.78, 5) is 156.